The van der Waals surface area contributed by atoms with E-state index in [0.717, 1.165) is 69.6 Å². The van der Waals surface area contributed by atoms with E-state index < -0.39 is 0 Å². The monoisotopic (exact) mass is 531 g/mol. The van der Waals surface area contributed by atoms with E-state index >= 15 is 0 Å². The van der Waals surface area contributed by atoms with Gasteiger partial charge < -0.3 is 29.5 Å². The van der Waals surface area contributed by atoms with Crippen molar-refractivity contribution in [2.75, 3.05) is 72.0 Å². The Morgan fingerprint density at radius 2 is 2.07 bits per heavy atom. The average Bonchev–Trinajstić information content (AvgIpc) is 3.27. The van der Waals surface area contributed by atoms with Crippen LogP contribution in [-0.2, 0) is 9.53 Å². The fourth-order valence-corrected chi connectivity index (χ4v) is 3.55. The predicted octanol–water partition coefficient (Wildman–Crippen LogP) is 1.65. The Labute approximate surface area is 196 Å². The maximum absolute atomic E-state index is 12.0. The SMILES string of the molecule is COc1cccc(N2CCN(C(=NCC(=O)N(C)C)NCC3CCCO3)CC2)c1.I. The van der Waals surface area contributed by atoms with Crippen LogP contribution in [0.4, 0.5) is 5.69 Å². The summed E-state index contributed by atoms with van der Waals surface area (Å²) < 4.78 is 11.1. The second-order valence-corrected chi connectivity index (χ2v) is 7.62. The standard InChI is InChI=1S/C21H33N5O3.HI/c1-24(2)20(27)16-23-21(22-15-19-8-5-13-29-19)26-11-9-25(10-12-26)17-6-4-7-18(14-17)28-3;/h4,6-7,14,19H,5,8-13,15-16H2,1-3H3,(H,22,23);1H. The molecule has 1 aromatic carbocycles. The van der Waals surface area contributed by atoms with Crippen molar-refractivity contribution in [3.05, 3.63) is 24.3 Å². The number of hydrogen-bond acceptors (Lipinski definition) is 5. The van der Waals surface area contributed by atoms with E-state index in [0.29, 0.717) is 0 Å². The van der Waals surface area contributed by atoms with Gasteiger partial charge in [-0.15, -0.1) is 24.0 Å². The molecule has 1 amide bonds. The van der Waals surface area contributed by atoms with Crippen molar-refractivity contribution in [3.8, 4) is 5.75 Å². The summed E-state index contributed by atoms with van der Waals surface area (Å²) in [4.78, 5) is 22.8. The molecule has 2 fully saturated rings. The minimum Gasteiger partial charge on any atom is -0.497 e. The number of rotatable bonds is 6. The molecule has 0 bridgehead atoms. The third-order valence-electron chi connectivity index (χ3n) is 5.37. The molecule has 168 valence electrons. The Balaban J connectivity index is 0.00000320. The summed E-state index contributed by atoms with van der Waals surface area (Å²) in [5, 5.41) is 3.44. The number of carbonyl (C=O) groups is 1. The van der Waals surface area contributed by atoms with Crippen LogP contribution >= 0.6 is 24.0 Å². The summed E-state index contributed by atoms with van der Waals surface area (Å²) in [6.45, 7) is 5.15. The quantitative estimate of drug-likeness (QED) is 0.342. The number of carbonyl (C=O) groups excluding carboxylic acids is 1. The van der Waals surface area contributed by atoms with Crippen LogP contribution in [0.3, 0.4) is 0 Å². The molecular formula is C21H34IN5O3. The number of nitrogens with zero attached hydrogens (tertiary/aromatic N) is 4. The molecule has 0 spiro atoms. The summed E-state index contributed by atoms with van der Waals surface area (Å²) in [5.74, 6) is 1.66. The molecular weight excluding hydrogens is 497 g/mol. The van der Waals surface area contributed by atoms with Crippen molar-refractivity contribution in [2.45, 2.75) is 18.9 Å². The van der Waals surface area contributed by atoms with Gasteiger partial charge >= 0.3 is 0 Å². The molecule has 1 atom stereocenters. The molecule has 2 aliphatic heterocycles. The summed E-state index contributed by atoms with van der Waals surface area (Å²) in [5.41, 5.74) is 1.16. The highest BCUT2D eigenvalue weighted by Crippen LogP contribution is 2.22. The van der Waals surface area contributed by atoms with Crippen LogP contribution in [0.2, 0.25) is 0 Å². The van der Waals surface area contributed by atoms with Gasteiger partial charge in [-0.2, -0.15) is 0 Å². The fourth-order valence-electron chi connectivity index (χ4n) is 3.55. The van der Waals surface area contributed by atoms with Crippen molar-refractivity contribution in [1.82, 2.24) is 15.1 Å². The lowest BCUT2D eigenvalue weighted by molar-refractivity contribution is -0.127. The smallest absolute Gasteiger partial charge is 0.243 e. The van der Waals surface area contributed by atoms with Gasteiger partial charge in [0.25, 0.3) is 0 Å². The summed E-state index contributed by atoms with van der Waals surface area (Å²) in [6.07, 6.45) is 2.40. The molecule has 2 heterocycles. The number of anilines is 1. The van der Waals surface area contributed by atoms with Gasteiger partial charge in [0.1, 0.15) is 12.3 Å². The first kappa shape index (κ1) is 24.5. The molecule has 2 aliphatic rings. The number of nitrogens with one attached hydrogen (secondary N) is 1. The lowest BCUT2D eigenvalue weighted by atomic mass is 10.2. The Morgan fingerprint density at radius 1 is 1.30 bits per heavy atom. The van der Waals surface area contributed by atoms with Crippen LogP contribution in [0, 0.1) is 0 Å². The number of halogens is 1. The largest absolute Gasteiger partial charge is 0.497 e. The second kappa shape index (κ2) is 12.2. The summed E-state index contributed by atoms with van der Waals surface area (Å²) in [7, 11) is 5.20. The number of hydrogen-bond donors (Lipinski definition) is 1. The predicted molar refractivity (Wildman–Crippen MR) is 130 cm³/mol. The normalized spacial score (nSPS) is 19.3. The Bertz CT molecular complexity index is 702. The van der Waals surface area contributed by atoms with Gasteiger partial charge in [0.05, 0.1) is 13.2 Å². The molecule has 8 nitrogen and oxygen atoms in total. The van der Waals surface area contributed by atoms with Gasteiger partial charge in [-0.05, 0) is 25.0 Å². The maximum Gasteiger partial charge on any atom is 0.243 e. The van der Waals surface area contributed by atoms with E-state index in [1.165, 1.54) is 0 Å². The molecule has 1 aromatic rings. The number of aliphatic imine (C=N–C) groups is 1. The van der Waals surface area contributed by atoms with Crippen LogP contribution < -0.4 is 15.0 Å². The molecule has 0 aliphatic carbocycles. The highest BCUT2D eigenvalue weighted by Gasteiger charge is 2.22. The first-order valence-electron chi connectivity index (χ1n) is 10.3. The second-order valence-electron chi connectivity index (χ2n) is 7.62. The van der Waals surface area contributed by atoms with Gasteiger partial charge in [0.2, 0.25) is 5.91 Å². The lowest BCUT2D eigenvalue weighted by Crippen LogP contribution is -2.53. The minimum absolute atomic E-state index is 0. The van der Waals surface area contributed by atoms with Crippen LogP contribution in [0.1, 0.15) is 12.8 Å². The maximum atomic E-state index is 12.0. The van der Waals surface area contributed by atoms with Crippen molar-refractivity contribution in [3.63, 3.8) is 0 Å². The molecule has 1 N–H and O–H groups in total. The minimum atomic E-state index is -0.00330. The zero-order valence-corrected chi connectivity index (χ0v) is 20.5. The lowest BCUT2D eigenvalue weighted by Gasteiger charge is -2.38. The van der Waals surface area contributed by atoms with Gasteiger partial charge in [0.15, 0.2) is 5.96 Å². The summed E-state index contributed by atoms with van der Waals surface area (Å²) >= 11 is 0. The molecule has 3 rings (SSSR count). The molecule has 0 aromatic heterocycles. The van der Waals surface area contributed by atoms with Gasteiger partial charge in [-0.3, -0.25) is 4.79 Å². The van der Waals surface area contributed by atoms with E-state index in [4.69, 9.17) is 9.47 Å². The third kappa shape index (κ3) is 6.90. The zero-order valence-electron chi connectivity index (χ0n) is 18.2. The first-order chi connectivity index (χ1) is 14.1. The zero-order chi connectivity index (χ0) is 20.6. The molecule has 2 saturated heterocycles. The van der Waals surface area contributed by atoms with E-state index in [1.807, 2.05) is 12.1 Å². The van der Waals surface area contributed by atoms with Gasteiger partial charge in [0, 0.05) is 65.2 Å². The number of guanidine groups is 1. The van der Waals surface area contributed by atoms with E-state index in [-0.39, 0.29) is 42.5 Å². The van der Waals surface area contributed by atoms with Crippen molar-refractivity contribution >= 4 is 41.5 Å². The van der Waals surface area contributed by atoms with E-state index in [1.54, 1.807) is 26.1 Å². The van der Waals surface area contributed by atoms with Gasteiger partial charge in [-0.1, -0.05) is 6.07 Å². The first-order valence-corrected chi connectivity index (χ1v) is 10.3. The molecule has 30 heavy (non-hydrogen) atoms. The Morgan fingerprint density at radius 3 is 2.70 bits per heavy atom. The molecule has 1 unspecified atom stereocenters. The van der Waals surface area contributed by atoms with Crippen molar-refractivity contribution in [1.29, 1.82) is 0 Å². The number of amides is 1. The van der Waals surface area contributed by atoms with E-state index in [2.05, 4.69) is 32.2 Å². The topological polar surface area (TPSA) is 69.6 Å². The Kier molecular flexibility index (Phi) is 9.96. The molecule has 0 radical (unpaired) electrons. The van der Waals surface area contributed by atoms with Crippen LogP contribution in [0.25, 0.3) is 0 Å². The van der Waals surface area contributed by atoms with Crippen molar-refractivity contribution in [2.24, 2.45) is 4.99 Å². The van der Waals surface area contributed by atoms with Crippen LogP contribution in [0.15, 0.2) is 29.3 Å². The number of benzene rings is 1. The fraction of sp³-hybridized carbons (Fsp3) is 0.619. The summed E-state index contributed by atoms with van der Waals surface area (Å²) in [6, 6.07) is 8.15. The molecule has 9 heteroatoms. The number of methoxy groups -OCH3 is 1. The number of ether oxygens (including phenoxy) is 2. The Hall–Kier alpha value is -1.75. The highest BCUT2D eigenvalue weighted by atomic mass is 127. The number of likely N-dealkylation sites (N-methyl/N-ethyl adjacent to an activating group) is 1. The van der Waals surface area contributed by atoms with E-state index in [9.17, 15) is 4.79 Å². The molecule has 0 saturated carbocycles. The van der Waals surface area contributed by atoms with Crippen molar-refractivity contribution < 1.29 is 14.3 Å². The van der Waals surface area contributed by atoms with Gasteiger partial charge in [-0.25, -0.2) is 4.99 Å². The third-order valence-corrected chi connectivity index (χ3v) is 5.37. The van der Waals surface area contributed by atoms with Crippen LogP contribution in [0.5, 0.6) is 5.75 Å². The average molecular weight is 531 g/mol. The van der Waals surface area contributed by atoms with Crippen LogP contribution in [-0.4, -0.2) is 94.9 Å². The number of piperazine rings is 1. The highest BCUT2D eigenvalue weighted by molar-refractivity contribution is 14.0.